The molecule has 7 aromatic rings. The largest absolute Gasteiger partial charge is 0.317 e. The maximum atomic E-state index is 5.82. The highest BCUT2D eigenvalue weighted by atomic mass is 16.5. The van der Waals surface area contributed by atoms with E-state index in [1.807, 2.05) is 114 Å². The van der Waals surface area contributed by atoms with E-state index in [0.29, 0.717) is 5.76 Å². The van der Waals surface area contributed by atoms with E-state index >= 15 is 0 Å². The summed E-state index contributed by atoms with van der Waals surface area (Å²) in [6.07, 6.45) is 1.91. The molecule has 0 bridgehead atoms. The van der Waals surface area contributed by atoms with Gasteiger partial charge in [0.05, 0.1) is 0 Å². The lowest BCUT2D eigenvalue weighted by Gasteiger charge is -2.01. The summed E-state index contributed by atoms with van der Waals surface area (Å²) in [7, 11) is 0. The van der Waals surface area contributed by atoms with Crippen LogP contribution in [-0.2, 0) is 0 Å². The molecule has 0 spiro atoms. The molecule has 0 unspecified atom stereocenters. The number of aromatic nitrogens is 6. The number of tetrazole rings is 1. The van der Waals surface area contributed by atoms with E-state index < -0.39 is 0 Å². The van der Waals surface area contributed by atoms with Gasteiger partial charge in [-0.2, -0.15) is 0 Å². The van der Waals surface area contributed by atoms with E-state index in [0.717, 1.165) is 44.8 Å². The molecule has 2 aromatic heterocycles. The number of para-hydroxylation sites is 3. The predicted molar refractivity (Wildman–Crippen MR) is 138 cm³/mol. The maximum Gasteiger partial charge on any atom is 0.257 e. The van der Waals surface area contributed by atoms with Crippen molar-refractivity contribution >= 4 is 10.8 Å². The topological polar surface area (TPSA) is 64.5 Å². The molecule has 0 aliphatic carbocycles. The SMILES string of the molecule is c1ccc(-n2n[n+](-c3ccccc3)nc2-c2c[c-](-c3c[n+](-c4ccccc4)no3)c3ccccc23)cc1. The summed E-state index contributed by atoms with van der Waals surface area (Å²) in [5, 5.41) is 16.2. The predicted octanol–water partition coefficient (Wildman–Crippen LogP) is 5.01. The highest BCUT2D eigenvalue weighted by molar-refractivity contribution is 6.06. The van der Waals surface area contributed by atoms with Gasteiger partial charge in [0.15, 0.2) is 28.6 Å². The van der Waals surface area contributed by atoms with Crippen molar-refractivity contribution in [2.75, 3.05) is 0 Å². The first kappa shape index (κ1) is 21.0. The molecule has 0 N–H and O–H groups in total. The van der Waals surface area contributed by atoms with Crippen molar-refractivity contribution in [1.29, 1.82) is 0 Å². The number of nitrogens with zero attached hydrogens (tertiary/aromatic N) is 6. The zero-order chi connectivity index (χ0) is 24.6. The van der Waals surface area contributed by atoms with Crippen LogP contribution in [0.15, 0.2) is 132 Å². The highest BCUT2D eigenvalue weighted by Gasteiger charge is 2.24. The van der Waals surface area contributed by atoms with E-state index in [1.54, 1.807) is 9.48 Å². The van der Waals surface area contributed by atoms with Gasteiger partial charge in [-0.05, 0) is 45.2 Å². The molecule has 7 rings (SSSR count). The van der Waals surface area contributed by atoms with Crippen LogP contribution in [0.2, 0.25) is 0 Å². The van der Waals surface area contributed by atoms with Crippen LogP contribution < -0.4 is 9.48 Å². The fourth-order valence-corrected chi connectivity index (χ4v) is 4.57. The van der Waals surface area contributed by atoms with Crippen molar-refractivity contribution in [1.82, 2.24) is 20.3 Å². The molecule has 2 heterocycles. The Morgan fingerprint density at radius 1 is 0.703 bits per heavy atom. The van der Waals surface area contributed by atoms with Gasteiger partial charge in [0.25, 0.3) is 5.82 Å². The van der Waals surface area contributed by atoms with Crippen molar-refractivity contribution < 1.29 is 14.0 Å². The van der Waals surface area contributed by atoms with E-state index in [-0.39, 0.29) is 0 Å². The molecule has 7 heteroatoms. The minimum atomic E-state index is 0.674. The van der Waals surface area contributed by atoms with Gasteiger partial charge in [-0.3, -0.25) is 0 Å². The first-order valence-electron chi connectivity index (χ1n) is 12.0. The van der Waals surface area contributed by atoms with Crippen LogP contribution in [0.3, 0.4) is 0 Å². The molecule has 0 saturated heterocycles. The van der Waals surface area contributed by atoms with Gasteiger partial charge < -0.3 is 4.52 Å². The van der Waals surface area contributed by atoms with Crippen molar-refractivity contribution in [3.8, 4) is 39.8 Å². The van der Waals surface area contributed by atoms with Gasteiger partial charge >= 0.3 is 0 Å². The van der Waals surface area contributed by atoms with Gasteiger partial charge in [0, 0.05) is 16.9 Å². The van der Waals surface area contributed by atoms with Gasteiger partial charge in [-0.25, -0.2) is 0 Å². The molecular weight excluding hydrogens is 460 g/mol. The molecule has 176 valence electrons. The average Bonchev–Trinajstić information content (AvgIpc) is 3.72. The van der Waals surface area contributed by atoms with Crippen LogP contribution in [0.1, 0.15) is 0 Å². The molecule has 0 atom stereocenters. The van der Waals surface area contributed by atoms with Crippen molar-refractivity contribution in [3.05, 3.63) is 128 Å². The lowest BCUT2D eigenvalue weighted by molar-refractivity contribution is -0.717. The molecule has 0 fully saturated rings. The Labute approximate surface area is 212 Å². The molecule has 0 radical (unpaired) electrons. The van der Waals surface area contributed by atoms with Gasteiger partial charge in [-0.15, -0.1) is 22.9 Å². The second-order valence-electron chi connectivity index (χ2n) is 8.65. The molecule has 0 aliphatic rings. The Balaban J connectivity index is 1.43. The van der Waals surface area contributed by atoms with E-state index in [4.69, 9.17) is 14.8 Å². The van der Waals surface area contributed by atoms with Crippen molar-refractivity contribution in [2.24, 2.45) is 0 Å². The van der Waals surface area contributed by atoms with Crippen molar-refractivity contribution in [2.45, 2.75) is 0 Å². The lowest BCUT2D eigenvalue weighted by Crippen LogP contribution is -2.36. The minimum Gasteiger partial charge on any atom is -0.317 e. The number of benzene rings is 4. The molecule has 37 heavy (non-hydrogen) atoms. The summed E-state index contributed by atoms with van der Waals surface area (Å²) >= 11 is 0. The Bertz CT molecular complexity index is 1820. The summed E-state index contributed by atoms with van der Waals surface area (Å²) in [5.74, 6) is 1.40. The lowest BCUT2D eigenvalue weighted by atomic mass is 10.1. The summed E-state index contributed by atoms with van der Waals surface area (Å²) in [6.45, 7) is 0. The second-order valence-corrected chi connectivity index (χ2v) is 8.65. The molecule has 0 amide bonds. The van der Waals surface area contributed by atoms with Gasteiger partial charge in [-0.1, -0.05) is 77.5 Å². The number of fused-ring (bicyclic) bond motifs is 1. The van der Waals surface area contributed by atoms with Crippen LogP contribution >= 0.6 is 0 Å². The zero-order valence-electron chi connectivity index (χ0n) is 19.7. The summed E-state index contributed by atoms with van der Waals surface area (Å²) in [4.78, 5) is 1.67. The summed E-state index contributed by atoms with van der Waals surface area (Å²) < 4.78 is 9.44. The Morgan fingerprint density at radius 3 is 2.11 bits per heavy atom. The van der Waals surface area contributed by atoms with Gasteiger partial charge in [0.1, 0.15) is 5.21 Å². The van der Waals surface area contributed by atoms with E-state index in [1.165, 1.54) is 0 Å². The monoisotopic (exact) mass is 481 g/mol. The van der Waals surface area contributed by atoms with Gasteiger partial charge in [0.2, 0.25) is 5.69 Å². The second kappa shape index (κ2) is 8.73. The Morgan fingerprint density at radius 2 is 1.35 bits per heavy atom. The molecule has 0 saturated carbocycles. The Hall–Kier alpha value is -5.30. The normalized spacial score (nSPS) is 11.2. The van der Waals surface area contributed by atoms with Crippen LogP contribution in [0.5, 0.6) is 0 Å². The van der Waals surface area contributed by atoms with E-state index in [2.05, 4.69) is 23.5 Å². The fraction of sp³-hybridized carbons (Fsp3) is 0. The van der Waals surface area contributed by atoms with Crippen LogP contribution in [0.4, 0.5) is 0 Å². The third-order valence-corrected chi connectivity index (χ3v) is 6.34. The highest BCUT2D eigenvalue weighted by Crippen LogP contribution is 2.38. The quantitative estimate of drug-likeness (QED) is 0.256. The summed E-state index contributed by atoms with van der Waals surface area (Å²) in [5.41, 5.74) is 4.64. The first-order chi connectivity index (χ1) is 18.3. The number of hydrogen-bond donors (Lipinski definition) is 0. The van der Waals surface area contributed by atoms with E-state index in [9.17, 15) is 0 Å². The molecule has 0 aliphatic heterocycles. The maximum absolute atomic E-state index is 5.82. The minimum absolute atomic E-state index is 0.674. The smallest absolute Gasteiger partial charge is 0.257 e. The number of hydrogen-bond acceptors (Lipinski definition) is 4. The molecule has 5 aromatic carbocycles. The zero-order valence-corrected chi connectivity index (χ0v) is 19.7. The van der Waals surface area contributed by atoms with Crippen LogP contribution in [0, 0.1) is 0 Å². The molecular formula is C30H21N6O+. The third kappa shape index (κ3) is 3.70. The number of rotatable bonds is 5. The van der Waals surface area contributed by atoms with Crippen LogP contribution in [0.25, 0.3) is 50.5 Å². The van der Waals surface area contributed by atoms with Crippen molar-refractivity contribution in [3.63, 3.8) is 0 Å². The molecule has 7 nitrogen and oxygen atoms in total. The first-order valence-corrected chi connectivity index (χ1v) is 12.0. The fourth-order valence-electron chi connectivity index (χ4n) is 4.57. The standard InChI is InChI=1S/C30H21N6O/c1-4-12-22(13-5-1)34-21-29(37-33-34)27-20-28(26-19-11-10-18-25(26)27)30-31-36(24-16-8-3-9-17-24)32-35(30)23-14-6-2-7-15-23/h1-21H/q+1. The van der Waals surface area contributed by atoms with Crippen LogP contribution in [-0.4, -0.2) is 20.3 Å². The summed E-state index contributed by atoms with van der Waals surface area (Å²) in [6, 6.07) is 40.3. The average molecular weight is 482 g/mol. The Kier molecular flexibility index (Phi) is 4.96. The third-order valence-electron chi connectivity index (χ3n) is 6.34.